The van der Waals surface area contributed by atoms with E-state index in [-0.39, 0.29) is 5.02 Å². The van der Waals surface area contributed by atoms with Crippen molar-refractivity contribution in [3.05, 3.63) is 34.1 Å². The lowest BCUT2D eigenvalue weighted by Gasteiger charge is -2.10. The number of rotatable bonds is 3. The Morgan fingerprint density at radius 3 is 2.73 bits per heavy atom. The van der Waals surface area contributed by atoms with Gasteiger partial charge in [0.1, 0.15) is 5.82 Å². The second kappa shape index (κ2) is 4.62. The van der Waals surface area contributed by atoms with Crippen LogP contribution in [-0.2, 0) is 11.2 Å². The van der Waals surface area contributed by atoms with Crippen LogP contribution in [0, 0.1) is 18.7 Å². The Hall–Kier alpha value is -1.09. The van der Waals surface area contributed by atoms with Crippen LogP contribution in [0.2, 0.25) is 5.02 Å². The maximum absolute atomic E-state index is 13.4. The van der Waals surface area contributed by atoms with Crippen molar-refractivity contribution in [2.24, 2.45) is 5.92 Å². The summed E-state index contributed by atoms with van der Waals surface area (Å²) in [5, 5.41) is 8.81. The standard InChI is InChI=1S/C11H12ClFO2/c1-6(11(14)15)5-8-3-4-9(12)10(13)7(8)2/h3-4,6H,5H2,1-2H3,(H,14,15). The summed E-state index contributed by atoms with van der Waals surface area (Å²) in [7, 11) is 0. The van der Waals surface area contributed by atoms with Crippen LogP contribution in [0.5, 0.6) is 0 Å². The average molecular weight is 231 g/mol. The normalized spacial score (nSPS) is 12.5. The summed E-state index contributed by atoms with van der Waals surface area (Å²) in [6.07, 6.45) is 0.315. The first kappa shape index (κ1) is 12.0. The highest BCUT2D eigenvalue weighted by molar-refractivity contribution is 6.30. The van der Waals surface area contributed by atoms with Gasteiger partial charge in [0.25, 0.3) is 0 Å². The van der Waals surface area contributed by atoms with Gasteiger partial charge in [0.05, 0.1) is 10.9 Å². The molecular weight excluding hydrogens is 219 g/mol. The van der Waals surface area contributed by atoms with Gasteiger partial charge >= 0.3 is 5.97 Å². The molecule has 0 saturated heterocycles. The van der Waals surface area contributed by atoms with Gasteiger partial charge in [0.2, 0.25) is 0 Å². The number of halogens is 2. The third-order valence-electron chi connectivity index (χ3n) is 2.40. The Morgan fingerprint density at radius 1 is 1.60 bits per heavy atom. The summed E-state index contributed by atoms with van der Waals surface area (Å²) >= 11 is 5.59. The van der Waals surface area contributed by atoms with Crippen molar-refractivity contribution in [1.82, 2.24) is 0 Å². The van der Waals surface area contributed by atoms with Crippen molar-refractivity contribution in [1.29, 1.82) is 0 Å². The molecule has 15 heavy (non-hydrogen) atoms. The Morgan fingerprint density at radius 2 is 2.20 bits per heavy atom. The average Bonchev–Trinajstić information content (AvgIpc) is 2.18. The minimum atomic E-state index is -0.884. The molecule has 0 saturated carbocycles. The molecule has 4 heteroatoms. The van der Waals surface area contributed by atoms with E-state index in [1.165, 1.54) is 6.07 Å². The van der Waals surface area contributed by atoms with E-state index in [0.717, 1.165) is 0 Å². The molecule has 0 fully saturated rings. The summed E-state index contributed by atoms with van der Waals surface area (Å²) in [6.45, 7) is 3.19. The molecule has 0 amide bonds. The molecule has 0 aliphatic rings. The Bertz CT molecular complexity index is 390. The zero-order valence-electron chi connectivity index (χ0n) is 8.55. The SMILES string of the molecule is Cc1c(CC(C)C(=O)O)ccc(Cl)c1F. The van der Waals surface area contributed by atoms with Crippen LogP contribution in [0.25, 0.3) is 0 Å². The second-order valence-corrected chi connectivity index (χ2v) is 4.00. The number of hydrogen-bond donors (Lipinski definition) is 1. The predicted molar refractivity (Wildman–Crippen MR) is 56.7 cm³/mol. The fourth-order valence-corrected chi connectivity index (χ4v) is 1.54. The largest absolute Gasteiger partial charge is 0.481 e. The van der Waals surface area contributed by atoms with Crippen molar-refractivity contribution < 1.29 is 14.3 Å². The monoisotopic (exact) mass is 230 g/mol. The quantitative estimate of drug-likeness (QED) is 0.867. The van der Waals surface area contributed by atoms with Gasteiger partial charge in [-0.2, -0.15) is 0 Å². The van der Waals surface area contributed by atoms with Crippen LogP contribution in [0.4, 0.5) is 4.39 Å². The zero-order chi connectivity index (χ0) is 11.6. The third-order valence-corrected chi connectivity index (χ3v) is 2.69. The van der Waals surface area contributed by atoms with E-state index in [0.29, 0.717) is 17.5 Å². The summed E-state index contributed by atoms with van der Waals surface area (Å²) in [5.74, 6) is -1.87. The van der Waals surface area contributed by atoms with Gasteiger partial charge in [0, 0.05) is 0 Å². The van der Waals surface area contributed by atoms with Crippen molar-refractivity contribution >= 4 is 17.6 Å². The van der Waals surface area contributed by atoms with E-state index in [4.69, 9.17) is 16.7 Å². The minimum absolute atomic E-state index is 0.0687. The molecule has 0 spiro atoms. The van der Waals surface area contributed by atoms with Crippen LogP contribution >= 0.6 is 11.6 Å². The Labute approximate surface area is 92.7 Å². The molecule has 0 aliphatic heterocycles. The van der Waals surface area contributed by atoms with Crippen LogP contribution in [0.1, 0.15) is 18.1 Å². The molecule has 1 rings (SSSR count). The molecule has 0 aliphatic carbocycles. The summed E-state index contributed by atoms with van der Waals surface area (Å²) in [6, 6.07) is 3.12. The van der Waals surface area contributed by atoms with E-state index in [1.807, 2.05) is 0 Å². The van der Waals surface area contributed by atoms with Gasteiger partial charge in [-0.3, -0.25) is 4.79 Å². The van der Waals surface area contributed by atoms with E-state index in [2.05, 4.69) is 0 Å². The second-order valence-electron chi connectivity index (χ2n) is 3.59. The molecule has 1 aromatic carbocycles. The number of aliphatic carboxylic acids is 1. The smallest absolute Gasteiger partial charge is 0.306 e. The highest BCUT2D eigenvalue weighted by Gasteiger charge is 2.15. The highest BCUT2D eigenvalue weighted by Crippen LogP contribution is 2.23. The van der Waals surface area contributed by atoms with Gasteiger partial charge in [0.15, 0.2) is 0 Å². The fraction of sp³-hybridized carbons (Fsp3) is 0.364. The molecule has 0 heterocycles. The topological polar surface area (TPSA) is 37.3 Å². The molecule has 0 bridgehead atoms. The number of benzene rings is 1. The van der Waals surface area contributed by atoms with E-state index >= 15 is 0 Å². The van der Waals surface area contributed by atoms with E-state index in [9.17, 15) is 9.18 Å². The molecule has 82 valence electrons. The third kappa shape index (κ3) is 2.69. The summed E-state index contributed by atoms with van der Waals surface area (Å²) in [4.78, 5) is 10.6. The molecule has 1 aromatic rings. The van der Waals surface area contributed by atoms with Crippen molar-refractivity contribution in [3.8, 4) is 0 Å². The van der Waals surface area contributed by atoms with E-state index in [1.54, 1.807) is 19.9 Å². The fourth-order valence-electron chi connectivity index (χ4n) is 1.33. The van der Waals surface area contributed by atoms with Crippen molar-refractivity contribution in [3.63, 3.8) is 0 Å². The van der Waals surface area contributed by atoms with Crippen LogP contribution < -0.4 is 0 Å². The predicted octanol–water partition coefficient (Wildman–Crippen LogP) is 3.05. The lowest BCUT2D eigenvalue weighted by atomic mass is 9.97. The van der Waals surface area contributed by atoms with Gasteiger partial charge in [-0.1, -0.05) is 24.6 Å². The number of carboxylic acid groups (broad SMARTS) is 1. The van der Waals surface area contributed by atoms with Crippen LogP contribution in [0.3, 0.4) is 0 Å². The zero-order valence-corrected chi connectivity index (χ0v) is 9.31. The van der Waals surface area contributed by atoms with Gasteiger partial charge in [-0.05, 0) is 30.5 Å². The van der Waals surface area contributed by atoms with Gasteiger partial charge < -0.3 is 5.11 Å². The Kier molecular flexibility index (Phi) is 3.69. The molecule has 1 unspecified atom stereocenters. The molecule has 1 N–H and O–H groups in total. The van der Waals surface area contributed by atoms with Crippen LogP contribution in [0.15, 0.2) is 12.1 Å². The van der Waals surface area contributed by atoms with Gasteiger partial charge in [-0.25, -0.2) is 4.39 Å². The first-order valence-electron chi connectivity index (χ1n) is 4.59. The maximum atomic E-state index is 13.4. The molecule has 0 aromatic heterocycles. The van der Waals surface area contributed by atoms with Crippen molar-refractivity contribution in [2.75, 3.05) is 0 Å². The molecule has 2 nitrogen and oxygen atoms in total. The van der Waals surface area contributed by atoms with Crippen molar-refractivity contribution in [2.45, 2.75) is 20.3 Å². The lowest BCUT2D eigenvalue weighted by molar-refractivity contribution is -0.141. The summed E-state index contributed by atoms with van der Waals surface area (Å²) < 4.78 is 13.4. The first-order valence-corrected chi connectivity index (χ1v) is 4.97. The van der Waals surface area contributed by atoms with Gasteiger partial charge in [-0.15, -0.1) is 0 Å². The Balaban J connectivity index is 2.97. The molecular formula is C11H12ClFO2. The number of carboxylic acids is 1. The molecule has 1 atom stereocenters. The number of hydrogen-bond acceptors (Lipinski definition) is 1. The van der Waals surface area contributed by atoms with Crippen LogP contribution in [-0.4, -0.2) is 11.1 Å². The highest BCUT2D eigenvalue weighted by atomic mass is 35.5. The summed E-state index contributed by atoms with van der Waals surface area (Å²) in [5.41, 5.74) is 1.11. The number of carbonyl (C=O) groups is 1. The first-order chi connectivity index (χ1) is 6.93. The van der Waals surface area contributed by atoms with E-state index < -0.39 is 17.7 Å². The maximum Gasteiger partial charge on any atom is 0.306 e. The lowest BCUT2D eigenvalue weighted by Crippen LogP contribution is -2.13. The molecule has 0 radical (unpaired) electrons. The minimum Gasteiger partial charge on any atom is -0.481 e.